The summed E-state index contributed by atoms with van der Waals surface area (Å²) in [5.74, 6) is 1.34. The second-order valence-corrected chi connectivity index (χ2v) is 6.44. The van der Waals surface area contributed by atoms with Crippen LogP contribution in [0.5, 0.6) is 0 Å². The third kappa shape index (κ3) is 1.72. The van der Waals surface area contributed by atoms with Gasteiger partial charge in [-0.1, -0.05) is 37.9 Å². The first-order valence-corrected chi connectivity index (χ1v) is 6.66. The smallest absolute Gasteiger partial charge is 0.00143 e. The third-order valence-corrected chi connectivity index (χ3v) is 6.33. The van der Waals surface area contributed by atoms with Crippen molar-refractivity contribution < 1.29 is 0 Å². The summed E-state index contributed by atoms with van der Waals surface area (Å²) in [6, 6.07) is 10.9. The Kier molecular flexibility index (Phi) is 2.40. The molecule has 1 aromatic rings. The molecule has 1 atom stereocenters. The third-order valence-electron chi connectivity index (χ3n) is 1.86. The summed E-state index contributed by atoms with van der Waals surface area (Å²) in [5.41, 5.74) is 0. The molecule has 1 heterocycles. The van der Waals surface area contributed by atoms with Crippen LogP contribution in [0.3, 0.4) is 0 Å². The average molecular weight is 182 g/mol. The highest BCUT2D eigenvalue weighted by atomic mass is 32.2. The van der Waals surface area contributed by atoms with Crippen LogP contribution in [0, 0.1) is 0 Å². The standard InChI is InChI=1S/C9H11PS/c1-2-4-9(5-3-1)10-6-7-11-8-10/h1-5,8,10H,6-7H2. The molecule has 0 N–H and O–H groups in total. The maximum absolute atomic E-state index is 2.46. The molecule has 1 aliphatic heterocycles. The predicted molar refractivity (Wildman–Crippen MR) is 57.8 cm³/mol. The Morgan fingerprint density at radius 3 is 2.64 bits per heavy atom. The van der Waals surface area contributed by atoms with E-state index in [2.05, 4.69) is 35.5 Å². The molecule has 0 saturated heterocycles. The van der Waals surface area contributed by atoms with Crippen LogP contribution in [-0.2, 0) is 0 Å². The van der Waals surface area contributed by atoms with Crippen molar-refractivity contribution in [3.8, 4) is 0 Å². The van der Waals surface area contributed by atoms with Gasteiger partial charge < -0.3 is 0 Å². The Labute approximate surface area is 72.4 Å². The molecule has 0 spiro atoms. The highest BCUT2D eigenvalue weighted by Crippen LogP contribution is 2.30. The molecule has 1 aliphatic rings. The molecule has 1 unspecified atom stereocenters. The van der Waals surface area contributed by atoms with Crippen LogP contribution in [-0.4, -0.2) is 17.0 Å². The summed E-state index contributed by atoms with van der Waals surface area (Å²) >= 11 is 2.00. The van der Waals surface area contributed by atoms with Gasteiger partial charge >= 0.3 is 0 Å². The molecule has 11 heavy (non-hydrogen) atoms. The van der Waals surface area contributed by atoms with Gasteiger partial charge in [0, 0.05) is 5.75 Å². The Bertz CT molecular complexity index is 266. The maximum atomic E-state index is 2.46. The van der Waals surface area contributed by atoms with Gasteiger partial charge in [0.25, 0.3) is 0 Å². The lowest BCUT2D eigenvalue weighted by Crippen LogP contribution is -1.95. The van der Waals surface area contributed by atoms with E-state index >= 15 is 0 Å². The summed E-state index contributed by atoms with van der Waals surface area (Å²) in [6.45, 7) is 0. The van der Waals surface area contributed by atoms with E-state index < -0.39 is 0 Å². The molecule has 58 valence electrons. The van der Waals surface area contributed by atoms with Crippen molar-refractivity contribution >= 4 is 29.7 Å². The van der Waals surface area contributed by atoms with Crippen LogP contribution in [0.1, 0.15) is 0 Å². The molecule has 2 rings (SSSR count). The van der Waals surface area contributed by atoms with Gasteiger partial charge in [-0.2, -0.15) is 0 Å². The van der Waals surface area contributed by atoms with Crippen LogP contribution in [0.15, 0.2) is 30.3 Å². The quantitative estimate of drug-likeness (QED) is 0.599. The Morgan fingerprint density at radius 2 is 2.00 bits per heavy atom. The van der Waals surface area contributed by atoms with Crippen molar-refractivity contribution in [1.82, 2.24) is 0 Å². The largest absolute Gasteiger partial charge is 0.134 e. The summed E-state index contributed by atoms with van der Waals surface area (Å²) < 4.78 is 0. The molecular formula is C9H11PS. The monoisotopic (exact) mass is 182 g/mol. The van der Waals surface area contributed by atoms with Gasteiger partial charge in [-0.3, -0.25) is 0 Å². The molecule has 0 nitrogen and oxygen atoms in total. The number of hydrogen-bond acceptors (Lipinski definition) is 1. The van der Waals surface area contributed by atoms with E-state index in [1.807, 2.05) is 11.8 Å². The molecular weight excluding hydrogens is 171 g/mol. The molecule has 0 fully saturated rings. The lowest BCUT2D eigenvalue weighted by Gasteiger charge is -1.99. The molecule has 0 bridgehead atoms. The fourth-order valence-electron chi connectivity index (χ4n) is 1.25. The van der Waals surface area contributed by atoms with Gasteiger partial charge in [0.15, 0.2) is 0 Å². The minimum Gasteiger partial charge on any atom is -0.134 e. The molecule has 0 aliphatic carbocycles. The fourth-order valence-corrected chi connectivity index (χ4v) is 5.80. The topological polar surface area (TPSA) is 0 Å². The zero-order chi connectivity index (χ0) is 7.52. The van der Waals surface area contributed by atoms with Gasteiger partial charge in [0.05, 0.1) is 0 Å². The highest BCUT2D eigenvalue weighted by molar-refractivity contribution is 8.20. The van der Waals surface area contributed by atoms with Gasteiger partial charge in [-0.15, -0.1) is 11.8 Å². The Hall–Kier alpha value is -0.130. The number of hydrogen-bond donors (Lipinski definition) is 0. The fraction of sp³-hybridized carbons (Fsp3) is 0.222. The molecule has 2 heteroatoms. The van der Waals surface area contributed by atoms with Crippen LogP contribution >= 0.6 is 19.3 Å². The van der Waals surface area contributed by atoms with Crippen molar-refractivity contribution in [1.29, 1.82) is 0 Å². The lowest BCUT2D eigenvalue weighted by atomic mass is 10.4. The zero-order valence-electron chi connectivity index (χ0n) is 6.29. The van der Waals surface area contributed by atoms with E-state index in [0.717, 1.165) is 0 Å². The number of thioether (sulfide) groups is 1. The van der Waals surface area contributed by atoms with Crippen molar-refractivity contribution in [2.75, 3.05) is 11.9 Å². The predicted octanol–water partition coefficient (Wildman–Crippen LogP) is 2.03. The van der Waals surface area contributed by atoms with Gasteiger partial charge in [-0.25, -0.2) is 0 Å². The highest BCUT2D eigenvalue weighted by Gasteiger charge is 2.04. The van der Waals surface area contributed by atoms with Gasteiger partial charge in [-0.05, 0) is 16.6 Å². The minimum atomic E-state index is -0.252. The first-order valence-electron chi connectivity index (χ1n) is 3.83. The molecule has 1 aromatic carbocycles. The second kappa shape index (κ2) is 3.51. The Morgan fingerprint density at radius 1 is 1.18 bits per heavy atom. The van der Waals surface area contributed by atoms with Crippen LogP contribution in [0.4, 0.5) is 0 Å². The van der Waals surface area contributed by atoms with Crippen LogP contribution < -0.4 is 5.30 Å². The van der Waals surface area contributed by atoms with Crippen molar-refractivity contribution in [2.24, 2.45) is 0 Å². The summed E-state index contributed by atoms with van der Waals surface area (Å²) in [5, 5.41) is 4.03. The second-order valence-electron chi connectivity index (χ2n) is 2.63. The average Bonchev–Trinajstić information content (AvgIpc) is 2.58. The maximum Gasteiger partial charge on any atom is 0.00143 e. The Balaban J connectivity index is 2.29. The van der Waals surface area contributed by atoms with E-state index in [9.17, 15) is 0 Å². The van der Waals surface area contributed by atoms with Gasteiger partial charge in [0.2, 0.25) is 0 Å². The van der Waals surface area contributed by atoms with Crippen molar-refractivity contribution in [2.45, 2.75) is 0 Å². The van der Waals surface area contributed by atoms with Crippen molar-refractivity contribution in [3.05, 3.63) is 30.3 Å². The van der Waals surface area contributed by atoms with E-state index in [4.69, 9.17) is 0 Å². The SMILES string of the molecule is C1=[PH](c2ccccc2)CCS1. The number of benzene rings is 1. The van der Waals surface area contributed by atoms with E-state index in [0.29, 0.717) is 0 Å². The number of rotatable bonds is 1. The summed E-state index contributed by atoms with van der Waals surface area (Å²) in [6.07, 6.45) is 1.42. The summed E-state index contributed by atoms with van der Waals surface area (Å²) in [7, 11) is -0.252. The van der Waals surface area contributed by atoms with E-state index in [-0.39, 0.29) is 7.55 Å². The molecule has 0 amide bonds. The molecule has 0 radical (unpaired) electrons. The normalized spacial score (nSPS) is 23.1. The van der Waals surface area contributed by atoms with E-state index in [1.54, 1.807) is 5.30 Å². The van der Waals surface area contributed by atoms with E-state index in [1.165, 1.54) is 11.9 Å². The van der Waals surface area contributed by atoms with Crippen molar-refractivity contribution in [3.63, 3.8) is 0 Å². The zero-order valence-corrected chi connectivity index (χ0v) is 8.10. The van der Waals surface area contributed by atoms with Crippen LogP contribution in [0.2, 0.25) is 0 Å². The molecule has 0 saturated carbocycles. The summed E-state index contributed by atoms with van der Waals surface area (Å²) in [4.78, 5) is 0. The molecule has 0 aromatic heterocycles. The first kappa shape index (κ1) is 7.52. The first-order chi connectivity index (χ1) is 5.47. The lowest BCUT2D eigenvalue weighted by molar-refractivity contribution is 1.56. The van der Waals surface area contributed by atoms with Crippen LogP contribution in [0.25, 0.3) is 0 Å². The van der Waals surface area contributed by atoms with Gasteiger partial charge in [0.1, 0.15) is 0 Å². The minimum absolute atomic E-state index is 0.252.